The van der Waals surface area contributed by atoms with Crippen LogP contribution < -0.4 is 0 Å². The lowest BCUT2D eigenvalue weighted by Gasteiger charge is -2.50. The molecule has 2 heterocycles. The Bertz CT molecular complexity index is 685. The van der Waals surface area contributed by atoms with Crippen molar-refractivity contribution in [2.45, 2.75) is 50.5 Å². The van der Waals surface area contributed by atoms with Crippen molar-refractivity contribution >= 4 is 10.9 Å². The number of fused-ring (bicyclic) bond motifs is 1. The molecule has 2 fully saturated rings. The van der Waals surface area contributed by atoms with Gasteiger partial charge in [0.25, 0.3) is 0 Å². The first kappa shape index (κ1) is 14.1. The maximum absolute atomic E-state index is 13.6. The summed E-state index contributed by atoms with van der Waals surface area (Å²) in [6, 6.07) is 7.03. The van der Waals surface area contributed by atoms with E-state index in [4.69, 9.17) is 0 Å². The summed E-state index contributed by atoms with van der Waals surface area (Å²) in [6.45, 7) is 4.74. The third-order valence-corrected chi connectivity index (χ3v) is 5.87. The molecule has 0 bridgehead atoms. The lowest BCUT2D eigenvalue weighted by molar-refractivity contribution is 0.0133. The molecule has 0 unspecified atom stereocenters. The number of hydrogen-bond acceptors (Lipinski definition) is 2. The SMILES string of the molecule is CC1(N2CCC(c3ccnc4ccc(F)cc34)CC2)CCC1. The molecular weight excluding hydrogens is 275 g/mol. The van der Waals surface area contributed by atoms with Crippen LogP contribution in [-0.4, -0.2) is 28.5 Å². The number of pyridine rings is 1. The summed E-state index contributed by atoms with van der Waals surface area (Å²) in [5, 5.41) is 0.996. The zero-order chi connectivity index (χ0) is 15.2. The monoisotopic (exact) mass is 298 g/mol. The smallest absolute Gasteiger partial charge is 0.123 e. The number of hydrogen-bond donors (Lipinski definition) is 0. The number of likely N-dealkylation sites (tertiary alicyclic amines) is 1. The van der Waals surface area contributed by atoms with Crippen molar-refractivity contribution in [2.24, 2.45) is 0 Å². The van der Waals surface area contributed by atoms with E-state index in [1.807, 2.05) is 6.20 Å². The maximum atomic E-state index is 13.6. The van der Waals surface area contributed by atoms with Crippen LogP contribution in [0.25, 0.3) is 10.9 Å². The number of aromatic nitrogens is 1. The highest BCUT2D eigenvalue weighted by molar-refractivity contribution is 5.82. The normalized spacial score (nSPS) is 22.6. The fraction of sp³-hybridized carbons (Fsp3) is 0.526. The summed E-state index contributed by atoms with van der Waals surface area (Å²) in [6.07, 6.45) is 8.29. The Morgan fingerprint density at radius 2 is 1.95 bits per heavy atom. The summed E-state index contributed by atoms with van der Waals surface area (Å²) < 4.78 is 13.6. The minimum atomic E-state index is -0.166. The standard InChI is InChI=1S/C19H23FN2/c1-19(8-2-9-19)22-11-6-14(7-12-22)16-5-10-21-18-4-3-15(20)13-17(16)18/h3-5,10,13-14H,2,6-9,11-12H2,1H3. The van der Waals surface area contributed by atoms with Crippen LogP contribution in [0.15, 0.2) is 30.5 Å². The van der Waals surface area contributed by atoms with Gasteiger partial charge >= 0.3 is 0 Å². The molecule has 1 saturated heterocycles. The first-order chi connectivity index (χ1) is 10.7. The summed E-state index contributed by atoms with van der Waals surface area (Å²) in [7, 11) is 0. The van der Waals surface area contributed by atoms with E-state index in [9.17, 15) is 4.39 Å². The largest absolute Gasteiger partial charge is 0.298 e. The molecule has 4 rings (SSSR count). The fourth-order valence-electron chi connectivity index (χ4n) is 4.23. The van der Waals surface area contributed by atoms with Crippen molar-refractivity contribution in [1.82, 2.24) is 9.88 Å². The van der Waals surface area contributed by atoms with Crippen LogP contribution in [0.4, 0.5) is 4.39 Å². The number of benzene rings is 1. The van der Waals surface area contributed by atoms with Crippen LogP contribution in [0.1, 0.15) is 50.5 Å². The van der Waals surface area contributed by atoms with E-state index in [1.165, 1.54) is 56.8 Å². The van der Waals surface area contributed by atoms with Gasteiger partial charge in [0.1, 0.15) is 5.82 Å². The van der Waals surface area contributed by atoms with Crippen LogP contribution in [0.5, 0.6) is 0 Å². The van der Waals surface area contributed by atoms with Gasteiger partial charge in [0, 0.05) is 17.1 Å². The number of halogens is 1. The van der Waals surface area contributed by atoms with E-state index in [1.54, 1.807) is 12.1 Å². The van der Waals surface area contributed by atoms with Crippen LogP contribution >= 0.6 is 0 Å². The molecule has 0 atom stereocenters. The average Bonchev–Trinajstić information content (AvgIpc) is 2.52. The molecule has 0 spiro atoms. The van der Waals surface area contributed by atoms with Gasteiger partial charge in [0.05, 0.1) is 5.52 Å². The molecule has 0 N–H and O–H groups in total. The van der Waals surface area contributed by atoms with Gasteiger partial charge in [-0.05, 0) is 87.9 Å². The van der Waals surface area contributed by atoms with Crippen LogP contribution in [0.2, 0.25) is 0 Å². The predicted octanol–water partition coefficient (Wildman–Crippen LogP) is 4.50. The van der Waals surface area contributed by atoms with E-state index < -0.39 is 0 Å². The molecular formula is C19H23FN2. The van der Waals surface area contributed by atoms with E-state index in [-0.39, 0.29) is 5.82 Å². The van der Waals surface area contributed by atoms with Gasteiger partial charge in [-0.2, -0.15) is 0 Å². The molecule has 1 aromatic carbocycles. The van der Waals surface area contributed by atoms with Crippen molar-refractivity contribution in [3.05, 3.63) is 41.8 Å². The van der Waals surface area contributed by atoms with Crippen LogP contribution in [-0.2, 0) is 0 Å². The Kier molecular flexibility index (Phi) is 3.41. The number of rotatable bonds is 2. The molecule has 2 nitrogen and oxygen atoms in total. The van der Waals surface area contributed by atoms with E-state index in [0.717, 1.165) is 10.9 Å². The van der Waals surface area contributed by atoms with Gasteiger partial charge in [-0.15, -0.1) is 0 Å². The zero-order valence-electron chi connectivity index (χ0n) is 13.2. The van der Waals surface area contributed by atoms with Gasteiger partial charge in [0.2, 0.25) is 0 Å². The van der Waals surface area contributed by atoms with Crippen molar-refractivity contribution < 1.29 is 4.39 Å². The first-order valence-electron chi connectivity index (χ1n) is 8.45. The molecule has 1 saturated carbocycles. The highest BCUT2D eigenvalue weighted by Crippen LogP contribution is 2.41. The average molecular weight is 298 g/mol. The molecule has 116 valence electrons. The molecule has 0 amide bonds. The number of piperidine rings is 1. The number of nitrogens with zero attached hydrogens (tertiary/aromatic N) is 2. The second-order valence-electron chi connectivity index (χ2n) is 7.17. The lowest BCUT2D eigenvalue weighted by Crippen LogP contribution is -2.53. The molecule has 3 heteroatoms. The van der Waals surface area contributed by atoms with Gasteiger partial charge < -0.3 is 0 Å². The third-order valence-electron chi connectivity index (χ3n) is 5.87. The summed E-state index contributed by atoms with van der Waals surface area (Å²) in [5.41, 5.74) is 2.65. The summed E-state index contributed by atoms with van der Waals surface area (Å²) in [5.74, 6) is 0.369. The zero-order valence-corrected chi connectivity index (χ0v) is 13.2. The van der Waals surface area contributed by atoms with Crippen LogP contribution in [0, 0.1) is 5.82 Å². The first-order valence-corrected chi connectivity index (χ1v) is 8.45. The molecule has 2 aliphatic rings. The van der Waals surface area contributed by atoms with Crippen molar-refractivity contribution in [2.75, 3.05) is 13.1 Å². The quantitative estimate of drug-likeness (QED) is 0.811. The maximum Gasteiger partial charge on any atom is 0.123 e. The van der Waals surface area contributed by atoms with E-state index >= 15 is 0 Å². The summed E-state index contributed by atoms with van der Waals surface area (Å²) in [4.78, 5) is 7.05. The Morgan fingerprint density at radius 1 is 1.18 bits per heavy atom. The second kappa shape index (κ2) is 5.31. The third kappa shape index (κ3) is 2.32. The molecule has 2 aromatic rings. The Morgan fingerprint density at radius 3 is 2.64 bits per heavy atom. The molecule has 22 heavy (non-hydrogen) atoms. The molecule has 0 radical (unpaired) electrons. The Balaban J connectivity index is 1.57. The predicted molar refractivity (Wildman–Crippen MR) is 87.5 cm³/mol. The van der Waals surface area contributed by atoms with Crippen molar-refractivity contribution in [1.29, 1.82) is 0 Å². The lowest BCUT2D eigenvalue weighted by atomic mass is 9.75. The molecule has 1 aliphatic heterocycles. The second-order valence-corrected chi connectivity index (χ2v) is 7.17. The minimum Gasteiger partial charge on any atom is -0.298 e. The highest BCUT2D eigenvalue weighted by atomic mass is 19.1. The minimum absolute atomic E-state index is 0.166. The van der Waals surface area contributed by atoms with Crippen LogP contribution in [0.3, 0.4) is 0 Å². The van der Waals surface area contributed by atoms with Gasteiger partial charge in [-0.1, -0.05) is 0 Å². The van der Waals surface area contributed by atoms with Crippen molar-refractivity contribution in [3.63, 3.8) is 0 Å². The van der Waals surface area contributed by atoms with Gasteiger partial charge in [-0.3, -0.25) is 9.88 Å². The Hall–Kier alpha value is -1.48. The molecule has 1 aliphatic carbocycles. The Labute approximate surface area is 131 Å². The highest BCUT2D eigenvalue weighted by Gasteiger charge is 2.39. The van der Waals surface area contributed by atoms with Gasteiger partial charge in [0.15, 0.2) is 0 Å². The van der Waals surface area contributed by atoms with E-state index in [0.29, 0.717) is 11.5 Å². The topological polar surface area (TPSA) is 16.1 Å². The van der Waals surface area contributed by atoms with E-state index in [2.05, 4.69) is 22.9 Å². The van der Waals surface area contributed by atoms with Crippen molar-refractivity contribution in [3.8, 4) is 0 Å². The summed E-state index contributed by atoms with van der Waals surface area (Å²) >= 11 is 0. The fourth-order valence-corrected chi connectivity index (χ4v) is 4.23. The van der Waals surface area contributed by atoms with Gasteiger partial charge in [-0.25, -0.2) is 4.39 Å². The molecule has 1 aromatic heterocycles.